The quantitative estimate of drug-likeness (QED) is 0.908. The lowest BCUT2D eigenvalue weighted by molar-refractivity contribution is -0.134. The van der Waals surface area contributed by atoms with E-state index in [9.17, 15) is 14.0 Å². The van der Waals surface area contributed by atoms with Crippen molar-refractivity contribution < 1.29 is 14.0 Å². The summed E-state index contributed by atoms with van der Waals surface area (Å²) in [6.07, 6.45) is 2.23. The van der Waals surface area contributed by atoms with Gasteiger partial charge in [-0.05, 0) is 24.8 Å². The van der Waals surface area contributed by atoms with Crippen molar-refractivity contribution in [1.82, 2.24) is 10.2 Å². The van der Waals surface area contributed by atoms with E-state index in [1.54, 1.807) is 23.1 Å². The van der Waals surface area contributed by atoms with Gasteiger partial charge in [-0.25, -0.2) is 4.39 Å². The van der Waals surface area contributed by atoms with E-state index in [1.165, 1.54) is 6.07 Å². The molecule has 3 rings (SSSR count). The van der Waals surface area contributed by atoms with E-state index in [0.717, 1.165) is 12.8 Å². The lowest BCUT2D eigenvalue weighted by Gasteiger charge is -2.24. The molecular formula is C15H17FN2O2. The number of rotatable bonds is 3. The molecular weight excluding hydrogens is 259 g/mol. The summed E-state index contributed by atoms with van der Waals surface area (Å²) in [6.45, 7) is 0.575. The van der Waals surface area contributed by atoms with E-state index in [4.69, 9.17) is 0 Å². The van der Waals surface area contributed by atoms with Crippen LogP contribution >= 0.6 is 0 Å². The molecule has 0 radical (unpaired) electrons. The van der Waals surface area contributed by atoms with Gasteiger partial charge in [0.15, 0.2) is 0 Å². The van der Waals surface area contributed by atoms with Crippen molar-refractivity contribution in [1.29, 1.82) is 0 Å². The maximum atomic E-state index is 13.7. The fourth-order valence-electron chi connectivity index (χ4n) is 2.59. The molecule has 20 heavy (non-hydrogen) atoms. The van der Waals surface area contributed by atoms with Crippen LogP contribution in [0.4, 0.5) is 4.39 Å². The van der Waals surface area contributed by atoms with Gasteiger partial charge in [-0.2, -0.15) is 0 Å². The molecule has 1 aliphatic heterocycles. The lowest BCUT2D eigenvalue weighted by atomic mass is 10.1. The number of nitrogens with zero attached hydrogens (tertiary/aromatic N) is 1. The molecule has 1 heterocycles. The highest BCUT2D eigenvalue weighted by atomic mass is 19.1. The largest absolute Gasteiger partial charge is 0.344 e. The smallest absolute Gasteiger partial charge is 0.245 e. The molecule has 1 N–H and O–H groups in total. The van der Waals surface area contributed by atoms with Gasteiger partial charge < -0.3 is 10.2 Å². The van der Waals surface area contributed by atoms with Crippen LogP contribution in [0.5, 0.6) is 0 Å². The minimum atomic E-state index is -0.420. The van der Waals surface area contributed by atoms with E-state index >= 15 is 0 Å². The maximum Gasteiger partial charge on any atom is 0.245 e. The number of nitrogens with one attached hydrogen (secondary N) is 1. The van der Waals surface area contributed by atoms with Crippen LogP contribution in [0.2, 0.25) is 0 Å². The van der Waals surface area contributed by atoms with Gasteiger partial charge >= 0.3 is 0 Å². The van der Waals surface area contributed by atoms with Crippen LogP contribution in [0, 0.1) is 11.7 Å². The Morgan fingerprint density at radius 3 is 2.70 bits per heavy atom. The first-order chi connectivity index (χ1) is 9.65. The number of halogens is 1. The molecule has 1 aliphatic carbocycles. The van der Waals surface area contributed by atoms with Crippen LogP contribution in [-0.2, 0) is 16.1 Å². The van der Waals surface area contributed by atoms with Gasteiger partial charge in [0.05, 0.1) is 0 Å². The molecule has 1 unspecified atom stereocenters. The summed E-state index contributed by atoms with van der Waals surface area (Å²) in [4.78, 5) is 25.7. The second-order valence-electron chi connectivity index (χ2n) is 5.48. The molecule has 106 valence electrons. The summed E-state index contributed by atoms with van der Waals surface area (Å²) in [7, 11) is 0. The number of hydrogen-bond donors (Lipinski definition) is 1. The predicted molar refractivity (Wildman–Crippen MR) is 71.1 cm³/mol. The summed E-state index contributed by atoms with van der Waals surface area (Å²) in [5.41, 5.74) is 0.491. The van der Waals surface area contributed by atoms with Gasteiger partial charge in [0, 0.05) is 25.1 Å². The van der Waals surface area contributed by atoms with Crippen LogP contribution < -0.4 is 5.32 Å². The van der Waals surface area contributed by atoms with Crippen molar-refractivity contribution in [2.24, 2.45) is 5.92 Å². The van der Waals surface area contributed by atoms with Gasteiger partial charge in [-0.15, -0.1) is 0 Å². The van der Waals surface area contributed by atoms with Gasteiger partial charge in [-0.3, -0.25) is 9.59 Å². The third-order valence-electron chi connectivity index (χ3n) is 3.92. The Labute approximate surface area is 117 Å². The lowest BCUT2D eigenvalue weighted by Crippen LogP contribution is -2.45. The molecule has 2 fully saturated rings. The summed E-state index contributed by atoms with van der Waals surface area (Å²) in [6, 6.07) is 6.02. The molecule has 1 aromatic carbocycles. The highest BCUT2D eigenvalue weighted by molar-refractivity contribution is 5.90. The van der Waals surface area contributed by atoms with Crippen LogP contribution in [-0.4, -0.2) is 29.3 Å². The Kier molecular flexibility index (Phi) is 3.42. The molecule has 0 spiro atoms. The third-order valence-corrected chi connectivity index (χ3v) is 3.92. The minimum absolute atomic E-state index is 0.0818. The maximum absolute atomic E-state index is 13.7. The Morgan fingerprint density at radius 1 is 1.25 bits per heavy atom. The molecule has 4 nitrogen and oxygen atoms in total. The van der Waals surface area contributed by atoms with Crippen molar-refractivity contribution in [2.75, 3.05) is 6.54 Å². The molecule has 5 heteroatoms. The van der Waals surface area contributed by atoms with Crippen molar-refractivity contribution >= 4 is 11.8 Å². The zero-order valence-electron chi connectivity index (χ0n) is 11.1. The van der Waals surface area contributed by atoms with Crippen LogP contribution in [0.1, 0.15) is 24.8 Å². The van der Waals surface area contributed by atoms with Gasteiger partial charge in [0.25, 0.3) is 0 Å². The van der Waals surface area contributed by atoms with Crippen molar-refractivity contribution in [2.45, 2.75) is 31.8 Å². The zero-order chi connectivity index (χ0) is 14.1. The highest BCUT2D eigenvalue weighted by Gasteiger charge is 2.40. The van der Waals surface area contributed by atoms with Crippen LogP contribution in [0.15, 0.2) is 24.3 Å². The first kappa shape index (κ1) is 13.1. The van der Waals surface area contributed by atoms with Crippen molar-refractivity contribution in [3.8, 4) is 0 Å². The average molecular weight is 276 g/mol. The topological polar surface area (TPSA) is 49.4 Å². The predicted octanol–water partition coefficient (Wildman–Crippen LogP) is 1.45. The Morgan fingerprint density at radius 2 is 2.00 bits per heavy atom. The Bertz CT molecular complexity index is 542. The van der Waals surface area contributed by atoms with Gasteiger partial charge in [0.2, 0.25) is 11.8 Å². The molecule has 1 saturated carbocycles. The summed E-state index contributed by atoms with van der Waals surface area (Å²) >= 11 is 0. The first-order valence-corrected chi connectivity index (χ1v) is 6.96. The highest BCUT2D eigenvalue weighted by Crippen LogP contribution is 2.34. The second kappa shape index (κ2) is 5.23. The number of carbonyl (C=O) groups is 2. The summed E-state index contributed by atoms with van der Waals surface area (Å²) in [5.74, 6) is -0.229. The molecule has 0 bridgehead atoms. The number of benzene rings is 1. The van der Waals surface area contributed by atoms with Crippen molar-refractivity contribution in [3.63, 3.8) is 0 Å². The molecule has 1 atom stereocenters. The Balaban J connectivity index is 1.79. The van der Waals surface area contributed by atoms with Gasteiger partial charge in [-0.1, -0.05) is 18.2 Å². The van der Waals surface area contributed by atoms with Crippen molar-refractivity contribution in [3.05, 3.63) is 35.6 Å². The third kappa shape index (κ3) is 2.66. The Hall–Kier alpha value is -1.91. The van der Waals surface area contributed by atoms with E-state index in [-0.39, 0.29) is 36.5 Å². The van der Waals surface area contributed by atoms with Gasteiger partial charge in [0.1, 0.15) is 11.9 Å². The number of hydrogen-bond acceptors (Lipinski definition) is 2. The van der Waals surface area contributed by atoms with Crippen LogP contribution in [0.25, 0.3) is 0 Å². The zero-order valence-corrected chi connectivity index (χ0v) is 11.1. The molecule has 0 aromatic heterocycles. The normalized spacial score (nSPS) is 23.4. The fourth-order valence-corrected chi connectivity index (χ4v) is 2.59. The van der Waals surface area contributed by atoms with Crippen LogP contribution in [0.3, 0.4) is 0 Å². The van der Waals surface area contributed by atoms with E-state index < -0.39 is 6.04 Å². The second-order valence-corrected chi connectivity index (χ2v) is 5.48. The average Bonchev–Trinajstić information content (AvgIpc) is 3.26. The number of amides is 2. The van der Waals surface area contributed by atoms with E-state index in [0.29, 0.717) is 12.1 Å². The minimum Gasteiger partial charge on any atom is -0.344 e. The molecule has 2 aliphatic rings. The summed E-state index contributed by atoms with van der Waals surface area (Å²) in [5, 5.41) is 2.80. The SMILES string of the molecule is O=C1CCN(Cc2ccccc2F)C(=O)C(C2CC2)N1. The van der Waals surface area contributed by atoms with E-state index in [1.807, 2.05) is 0 Å². The molecule has 1 aromatic rings. The van der Waals surface area contributed by atoms with E-state index in [2.05, 4.69) is 5.32 Å². The standard InChI is InChI=1S/C15H17FN2O2/c16-12-4-2-1-3-11(12)9-18-8-7-13(19)17-14(15(18)20)10-5-6-10/h1-4,10,14H,5-9H2,(H,17,19). The number of carbonyl (C=O) groups excluding carboxylic acids is 2. The molecule has 1 saturated heterocycles. The summed E-state index contributed by atoms with van der Waals surface area (Å²) < 4.78 is 13.7. The first-order valence-electron chi connectivity index (χ1n) is 6.96. The molecule has 2 amide bonds. The monoisotopic (exact) mass is 276 g/mol. The fraction of sp³-hybridized carbons (Fsp3) is 0.467.